The molecule has 0 radical (unpaired) electrons. The predicted octanol–water partition coefficient (Wildman–Crippen LogP) is 4.48. The maximum Gasteiger partial charge on any atom is 0.286 e. The third-order valence-electron chi connectivity index (χ3n) is 7.74. The van der Waals surface area contributed by atoms with Crippen molar-refractivity contribution in [3.8, 4) is 22.9 Å². The van der Waals surface area contributed by atoms with Crippen molar-refractivity contribution in [2.75, 3.05) is 13.2 Å². The van der Waals surface area contributed by atoms with Crippen molar-refractivity contribution in [2.45, 2.75) is 46.7 Å². The minimum Gasteiger partial charge on any atom is -0.492 e. The number of fused-ring (bicyclic) bond motifs is 1. The van der Waals surface area contributed by atoms with Crippen LogP contribution >= 0.6 is 0 Å². The summed E-state index contributed by atoms with van der Waals surface area (Å²) >= 11 is 0. The van der Waals surface area contributed by atoms with E-state index >= 15 is 0 Å². The molecule has 0 fully saturated rings. The second-order valence-corrected chi connectivity index (χ2v) is 10.2. The molecule has 10 heteroatoms. The monoisotopic (exact) mass is 554 g/mol. The summed E-state index contributed by atoms with van der Waals surface area (Å²) in [6.07, 6.45) is 7.23. The minimum atomic E-state index is -0.802. The van der Waals surface area contributed by atoms with Crippen molar-refractivity contribution >= 4 is 5.91 Å². The molecule has 5 rings (SSSR count). The summed E-state index contributed by atoms with van der Waals surface area (Å²) in [6.45, 7) is 8.53. The second-order valence-electron chi connectivity index (χ2n) is 10.2. The van der Waals surface area contributed by atoms with Crippen LogP contribution in [0.15, 0.2) is 47.8 Å². The van der Waals surface area contributed by atoms with Crippen molar-refractivity contribution in [2.24, 2.45) is 7.05 Å². The second kappa shape index (κ2) is 11.0. The normalized spacial score (nSPS) is 13.6. The Morgan fingerprint density at radius 1 is 1.15 bits per heavy atom. The van der Waals surface area contributed by atoms with Crippen molar-refractivity contribution in [1.29, 1.82) is 5.26 Å². The van der Waals surface area contributed by atoms with Gasteiger partial charge in [-0.3, -0.25) is 14.6 Å². The summed E-state index contributed by atoms with van der Waals surface area (Å²) in [4.78, 5) is 36.9. The number of nitriles is 1. The van der Waals surface area contributed by atoms with E-state index < -0.39 is 11.4 Å². The molecule has 0 saturated heterocycles. The number of amides is 1. The van der Waals surface area contributed by atoms with Crippen LogP contribution in [-0.2, 0) is 20.0 Å². The van der Waals surface area contributed by atoms with E-state index in [1.807, 2.05) is 43.7 Å². The fourth-order valence-corrected chi connectivity index (χ4v) is 5.40. The molecule has 0 spiro atoms. The first kappa shape index (κ1) is 27.8. The zero-order valence-corrected chi connectivity index (χ0v) is 23.7. The highest BCUT2D eigenvalue weighted by Gasteiger charge is 2.32. The highest BCUT2D eigenvalue weighted by atomic mass is 19.1. The van der Waals surface area contributed by atoms with Crippen LogP contribution < -0.4 is 10.3 Å². The Labute approximate surface area is 237 Å². The van der Waals surface area contributed by atoms with Gasteiger partial charge in [0.05, 0.1) is 18.3 Å². The molecule has 41 heavy (non-hydrogen) atoms. The molecular formula is C31H31FN6O3. The molecule has 1 aliphatic rings. The molecule has 210 valence electrons. The van der Waals surface area contributed by atoms with E-state index in [0.717, 1.165) is 22.5 Å². The number of carbonyl (C=O) groups excluding carboxylic acids is 1. The summed E-state index contributed by atoms with van der Waals surface area (Å²) in [6, 6.07) is 7.30. The molecule has 3 aromatic heterocycles. The van der Waals surface area contributed by atoms with Crippen molar-refractivity contribution in [1.82, 2.24) is 24.0 Å². The van der Waals surface area contributed by atoms with Crippen molar-refractivity contribution < 1.29 is 13.9 Å². The van der Waals surface area contributed by atoms with E-state index in [9.17, 15) is 19.2 Å². The predicted molar refractivity (Wildman–Crippen MR) is 151 cm³/mol. The highest BCUT2D eigenvalue weighted by Crippen LogP contribution is 2.36. The molecule has 9 nitrogen and oxygen atoms in total. The Morgan fingerprint density at radius 2 is 1.90 bits per heavy atom. The summed E-state index contributed by atoms with van der Waals surface area (Å²) in [5.74, 6) is 0.289. The molecule has 4 aromatic rings. The van der Waals surface area contributed by atoms with Crippen molar-refractivity contribution in [3.63, 3.8) is 0 Å². The van der Waals surface area contributed by atoms with Crippen LogP contribution in [0.3, 0.4) is 0 Å². The third-order valence-corrected chi connectivity index (χ3v) is 7.74. The lowest BCUT2D eigenvalue weighted by molar-refractivity contribution is 0.0669. The fourth-order valence-electron chi connectivity index (χ4n) is 5.40. The summed E-state index contributed by atoms with van der Waals surface area (Å²) in [5.41, 5.74) is 4.02. The summed E-state index contributed by atoms with van der Waals surface area (Å²) in [5, 5.41) is 9.42. The molecule has 0 bridgehead atoms. The van der Waals surface area contributed by atoms with Crippen LogP contribution in [0.1, 0.15) is 64.0 Å². The maximum absolute atomic E-state index is 14.9. The lowest BCUT2D eigenvalue weighted by Crippen LogP contribution is -2.40. The van der Waals surface area contributed by atoms with E-state index in [4.69, 9.17) is 4.74 Å². The van der Waals surface area contributed by atoms with Crippen LogP contribution in [0.25, 0.3) is 11.1 Å². The maximum atomic E-state index is 14.9. The molecule has 4 heterocycles. The van der Waals surface area contributed by atoms with Gasteiger partial charge in [-0.25, -0.2) is 9.37 Å². The van der Waals surface area contributed by atoms with Gasteiger partial charge >= 0.3 is 0 Å². The molecule has 0 N–H and O–H groups in total. The molecule has 0 aliphatic carbocycles. The Kier molecular flexibility index (Phi) is 7.45. The van der Waals surface area contributed by atoms with Gasteiger partial charge in [0.25, 0.3) is 11.5 Å². The van der Waals surface area contributed by atoms with Gasteiger partial charge in [-0.05, 0) is 68.5 Å². The van der Waals surface area contributed by atoms with Crippen LogP contribution in [0.5, 0.6) is 5.75 Å². The minimum absolute atomic E-state index is 0.170. The van der Waals surface area contributed by atoms with Gasteiger partial charge in [0.2, 0.25) is 0 Å². The van der Waals surface area contributed by atoms with Gasteiger partial charge < -0.3 is 18.8 Å². The first-order valence-electron chi connectivity index (χ1n) is 13.5. The van der Waals surface area contributed by atoms with Gasteiger partial charge in [-0.1, -0.05) is 0 Å². The van der Waals surface area contributed by atoms with Crippen LogP contribution in [0, 0.1) is 31.0 Å². The molecular weight excluding hydrogens is 523 g/mol. The number of ether oxygens (including phenoxy) is 1. The Bertz CT molecular complexity index is 1770. The number of halogens is 1. The van der Waals surface area contributed by atoms with Crippen LogP contribution in [0.2, 0.25) is 0 Å². The van der Waals surface area contributed by atoms with Gasteiger partial charge in [0, 0.05) is 62.1 Å². The van der Waals surface area contributed by atoms with E-state index in [2.05, 4.69) is 16.0 Å². The van der Waals surface area contributed by atoms with E-state index in [1.54, 1.807) is 30.3 Å². The zero-order valence-electron chi connectivity index (χ0n) is 23.7. The van der Waals surface area contributed by atoms with E-state index in [-0.39, 0.29) is 17.5 Å². The van der Waals surface area contributed by atoms with E-state index in [1.165, 1.54) is 17.8 Å². The number of imidazole rings is 1. The van der Waals surface area contributed by atoms with Gasteiger partial charge in [0.1, 0.15) is 23.2 Å². The topological polar surface area (TPSA) is 106 Å². The van der Waals surface area contributed by atoms with Gasteiger partial charge in [-0.15, -0.1) is 0 Å². The van der Waals surface area contributed by atoms with Gasteiger partial charge in [0.15, 0.2) is 5.82 Å². The lowest BCUT2D eigenvalue weighted by atomic mass is 9.86. The Balaban J connectivity index is 1.62. The quantitative estimate of drug-likeness (QED) is 0.334. The first-order valence-corrected chi connectivity index (χ1v) is 13.5. The molecule has 0 unspecified atom stereocenters. The molecule has 1 aromatic carbocycles. The number of carbonyl (C=O) groups is 1. The number of aryl methyl sites for hydroxylation is 2. The number of hydrogen-bond donors (Lipinski definition) is 0. The Hall–Kier alpha value is -4.78. The fraction of sp³-hybridized carbons (Fsp3) is 0.323. The average Bonchev–Trinajstić information content (AvgIpc) is 3.37. The largest absolute Gasteiger partial charge is 0.492 e. The molecule has 1 atom stereocenters. The summed E-state index contributed by atoms with van der Waals surface area (Å²) in [7, 11) is 1.52. The Morgan fingerprint density at radius 3 is 2.59 bits per heavy atom. The average molecular weight is 555 g/mol. The van der Waals surface area contributed by atoms with Crippen molar-refractivity contribution in [3.05, 3.63) is 98.5 Å². The number of aromatic nitrogens is 4. The first-order chi connectivity index (χ1) is 19.6. The number of benzene rings is 1. The lowest BCUT2D eigenvalue weighted by Gasteiger charge is -2.35. The molecule has 1 amide bonds. The zero-order chi connectivity index (χ0) is 29.4. The standard InChI is InChI=1S/C31H31FN6O3/c1-6-41-28-13-27(35-15-22(28)14-33)19(3)38-9-7-23-24(26-17-36(5)31(40)29(32)18(26)2)11-21(12-25(23)30(38)39)16-37-10-8-34-20(37)4/h8,10-13,15,17,19H,6-7,9,16H2,1-5H3/t19-/m0/s1. The molecule has 0 saturated carbocycles. The van der Waals surface area contributed by atoms with Crippen LogP contribution in [-0.4, -0.2) is 43.1 Å². The summed E-state index contributed by atoms with van der Waals surface area (Å²) < 4.78 is 23.8. The third kappa shape index (κ3) is 4.99. The SMILES string of the molecule is CCOc1cc([C@H](C)N2CCc3c(cc(Cn4ccnc4C)cc3-c3cn(C)c(=O)c(F)c3C)C2=O)ncc1C#N. The number of rotatable bonds is 7. The number of hydrogen-bond acceptors (Lipinski definition) is 6. The number of pyridine rings is 2. The number of nitrogens with zero attached hydrogens (tertiary/aromatic N) is 6. The van der Waals surface area contributed by atoms with Gasteiger partial charge in [-0.2, -0.15) is 5.26 Å². The smallest absolute Gasteiger partial charge is 0.286 e. The highest BCUT2D eigenvalue weighted by molar-refractivity contribution is 5.99. The van der Waals surface area contributed by atoms with E-state index in [0.29, 0.717) is 54.3 Å². The molecule has 1 aliphatic heterocycles. The van der Waals surface area contributed by atoms with Crippen LogP contribution in [0.4, 0.5) is 4.39 Å².